The number of carbonyl (C=O) groups excluding carboxylic acids is 2. The van der Waals surface area contributed by atoms with E-state index in [1.807, 2.05) is 0 Å². The standard InChI is InChI=1S/C23H14F9N3O2/c24-17-6-4-12(22(27,28)29)9-15(17)20(36)35-18-7-5-14(10-16(18)23(30,31)32)34-21(37)33-13-3-1-2-11(8-13)19(25)26/h1-10,19H,(H,35,36)(H2,33,34,37). The van der Waals surface area contributed by atoms with Crippen LogP contribution in [0, 0.1) is 5.82 Å². The lowest BCUT2D eigenvalue weighted by Gasteiger charge is -2.17. The molecule has 3 N–H and O–H groups in total. The minimum atomic E-state index is -5.12. The van der Waals surface area contributed by atoms with Gasteiger partial charge in [0.25, 0.3) is 12.3 Å². The van der Waals surface area contributed by atoms with Crippen LogP contribution in [-0.2, 0) is 12.4 Å². The van der Waals surface area contributed by atoms with Gasteiger partial charge in [-0.2, -0.15) is 26.3 Å². The van der Waals surface area contributed by atoms with E-state index in [9.17, 15) is 49.1 Å². The third-order valence-corrected chi connectivity index (χ3v) is 4.77. The van der Waals surface area contributed by atoms with Gasteiger partial charge >= 0.3 is 18.4 Å². The SMILES string of the molecule is O=C(Nc1cccc(C(F)F)c1)Nc1ccc(NC(=O)c2cc(C(F)(F)F)ccc2F)c(C(F)(F)F)c1. The molecule has 0 saturated carbocycles. The maximum Gasteiger partial charge on any atom is 0.418 e. The molecule has 0 heterocycles. The Morgan fingerprint density at radius 3 is 1.97 bits per heavy atom. The molecule has 3 aromatic rings. The lowest BCUT2D eigenvalue weighted by atomic mass is 10.1. The molecule has 0 bridgehead atoms. The van der Waals surface area contributed by atoms with E-state index in [0.717, 1.165) is 18.2 Å². The van der Waals surface area contributed by atoms with Crippen molar-refractivity contribution in [1.29, 1.82) is 0 Å². The molecule has 0 spiro atoms. The highest BCUT2D eigenvalue weighted by Crippen LogP contribution is 2.37. The second-order valence-corrected chi connectivity index (χ2v) is 7.41. The van der Waals surface area contributed by atoms with Crippen LogP contribution in [0.2, 0.25) is 0 Å². The van der Waals surface area contributed by atoms with E-state index in [-0.39, 0.29) is 11.8 Å². The van der Waals surface area contributed by atoms with Gasteiger partial charge in [0.1, 0.15) is 5.82 Å². The van der Waals surface area contributed by atoms with E-state index < -0.39 is 70.2 Å². The van der Waals surface area contributed by atoms with Gasteiger partial charge in [0.2, 0.25) is 0 Å². The van der Waals surface area contributed by atoms with E-state index in [2.05, 4.69) is 10.6 Å². The van der Waals surface area contributed by atoms with Crippen molar-refractivity contribution in [1.82, 2.24) is 0 Å². The fourth-order valence-corrected chi connectivity index (χ4v) is 3.08. The van der Waals surface area contributed by atoms with Crippen molar-refractivity contribution in [2.24, 2.45) is 0 Å². The Labute approximate surface area is 202 Å². The molecule has 3 rings (SSSR count). The summed E-state index contributed by atoms with van der Waals surface area (Å²) >= 11 is 0. The Morgan fingerprint density at radius 2 is 1.38 bits per heavy atom. The predicted molar refractivity (Wildman–Crippen MR) is 115 cm³/mol. The molecule has 0 atom stereocenters. The molecule has 37 heavy (non-hydrogen) atoms. The van der Waals surface area contributed by atoms with Crippen molar-refractivity contribution in [3.8, 4) is 0 Å². The zero-order valence-corrected chi connectivity index (χ0v) is 18.1. The lowest BCUT2D eigenvalue weighted by molar-refractivity contribution is -0.138. The summed E-state index contributed by atoms with van der Waals surface area (Å²) in [4.78, 5) is 24.4. The number of nitrogens with one attached hydrogen (secondary N) is 3. The smallest absolute Gasteiger partial charge is 0.321 e. The van der Waals surface area contributed by atoms with E-state index in [4.69, 9.17) is 0 Å². The van der Waals surface area contributed by atoms with Crippen LogP contribution in [0.5, 0.6) is 0 Å². The zero-order chi connectivity index (χ0) is 27.5. The first kappa shape index (κ1) is 27.4. The van der Waals surface area contributed by atoms with Crippen molar-refractivity contribution in [3.05, 3.63) is 88.7 Å². The quantitative estimate of drug-likeness (QED) is 0.293. The topological polar surface area (TPSA) is 70.2 Å². The molecule has 0 aliphatic carbocycles. The number of halogens is 9. The Balaban J connectivity index is 1.83. The largest absolute Gasteiger partial charge is 0.418 e. The molecule has 0 aliphatic rings. The average molecular weight is 535 g/mol. The molecule has 0 saturated heterocycles. The van der Waals surface area contributed by atoms with Gasteiger partial charge in [0.15, 0.2) is 0 Å². The van der Waals surface area contributed by atoms with Gasteiger partial charge in [0, 0.05) is 16.9 Å². The van der Waals surface area contributed by atoms with Gasteiger partial charge in [-0.3, -0.25) is 4.79 Å². The monoisotopic (exact) mass is 535 g/mol. The first-order valence-corrected chi connectivity index (χ1v) is 10.0. The van der Waals surface area contributed by atoms with Crippen LogP contribution in [0.4, 0.5) is 61.4 Å². The Morgan fingerprint density at radius 1 is 0.730 bits per heavy atom. The van der Waals surface area contributed by atoms with Gasteiger partial charge in [-0.15, -0.1) is 0 Å². The normalized spacial score (nSPS) is 11.8. The number of hydrogen-bond donors (Lipinski definition) is 3. The minimum Gasteiger partial charge on any atom is -0.321 e. The summed E-state index contributed by atoms with van der Waals surface area (Å²) in [5.74, 6) is -2.98. The third kappa shape index (κ3) is 6.92. The number of amides is 3. The summed E-state index contributed by atoms with van der Waals surface area (Å²) in [6.07, 6.45) is -12.9. The molecule has 0 radical (unpaired) electrons. The van der Waals surface area contributed by atoms with Gasteiger partial charge in [-0.1, -0.05) is 12.1 Å². The second kappa shape index (κ2) is 10.4. The summed E-state index contributed by atoms with van der Waals surface area (Å²) in [7, 11) is 0. The second-order valence-electron chi connectivity index (χ2n) is 7.41. The fourth-order valence-electron chi connectivity index (χ4n) is 3.08. The van der Waals surface area contributed by atoms with Gasteiger partial charge in [0.05, 0.1) is 22.4 Å². The van der Waals surface area contributed by atoms with Crippen molar-refractivity contribution >= 4 is 29.0 Å². The number of hydrogen-bond acceptors (Lipinski definition) is 2. The molecule has 0 fully saturated rings. The van der Waals surface area contributed by atoms with Crippen LogP contribution in [0.3, 0.4) is 0 Å². The van der Waals surface area contributed by atoms with Crippen molar-refractivity contribution in [2.45, 2.75) is 18.8 Å². The zero-order valence-electron chi connectivity index (χ0n) is 18.1. The van der Waals surface area contributed by atoms with Crippen molar-refractivity contribution < 1.29 is 49.1 Å². The van der Waals surface area contributed by atoms with Crippen LogP contribution in [0.25, 0.3) is 0 Å². The lowest BCUT2D eigenvalue weighted by Crippen LogP contribution is -2.21. The van der Waals surface area contributed by atoms with E-state index in [1.165, 1.54) is 12.1 Å². The third-order valence-electron chi connectivity index (χ3n) is 4.77. The van der Waals surface area contributed by atoms with E-state index >= 15 is 0 Å². The Bertz CT molecular complexity index is 1320. The molecule has 0 aromatic heterocycles. The number of benzene rings is 3. The highest BCUT2D eigenvalue weighted by Gasteiger charge is 2.35. The van der Waals surface area contributed by atoms with Gasteiger partial charge < -0.3 is 16.0 Å². The summed E-state index contributed by atoms with van der Waals surface area (Å²) in [5.41, 5.74) is -5.88. The molecule has 0 aliphatic heterocycles. The maximum absolute atomic E-state index is 14.0. The molecule has 0 unspecified atom stereocenters. The molecule has 3 aromatic carbocycles. The highest BCUT2D eigenvalue weighted by atomic mass is 19.4. The predicted octanol–water partition coefficient (Wildman–Crippen LogP) is 7.70. The summed E-state index contributed by atoms with van der Waals surface area (Å²) < 4.78 is 119. The molecule has 3 amide bonds. The highest BCUT2D eigenvalue weighted by molar-refractivity contribution is 6.05. The van der Waals surface area contributed by atoms with Gasteiger partial charge in [-0.05, 0) is 48.5 Å². The average Bonchev–Trinajstić information content (AvgIpc) is 2.79. The summed E-state index contributed by atoms with van der Waals surface area (Å²) in [6, 6.07) is 6.35. The van der Waals surface area contributed by atoms with Crippen molar-refractivity contribution in [3.63, 3.8) is 0 Å². The molecule has 14 heteroatoms. The summed E-state index contributed by atoms with van der Waals surface area (Å²) in [6.45, 7) is 0. The van der Waals surface area contributed by atoms with Crippen LogP contribution in [-0.4, -0.2) is 11.9 Å². The number of urea groups is 1. The minimum absolute atomic E-state index is 0.0710. The van der Waals surface area contributed by atoms with Crippen LogP contribution in [0.1, 0.15) is 33.5 Å². The number of alkyl halides is 8. The Hall–Kier alpha value is -4.23. The summed E-state index contributed by atoms with van der Waals surface area (Å²) in [5, 5.41) is 5.95. The van der Waals surface area contributed by atoms with Crippen LogP contribution >= 0.6 is 0 Å². The van der Waals surface area contributed by atoms with Gasteiger partial charge in [-0.25, -0.2) is 18.0 Å². The molecule has 196 valence electrons. The van der Waals surface area contributed by atoms with Crippen LogP contribution < -0.4 is 16.0 Å². The Kier molecular flexibility index (Phi) is 7.69. The molecular formula is C23H14F9N3O2. The maximum atomic E-state index is 14.0. The van der Waals surface area contributed by atoms with Crippen LogP contribution in [0.15, 0.2) is 60.7 Å². The first-order valence-electron chi connectivity index (χ1n) is 10.0. The number of rotatable bonds is 5. The van der Waals surface area contributed by atoms with E-state index in [0.29, 0.717) is 24.3 Å². The van der Waals surface area contributed by atoms with E-state index in [1.54, 1.807) is 5.32 Å². The first-order chi connectivity index (χ1) is 17.1. The number of anilines is 3. The molecule has 5 nitrogen and oxygen atoms in total. The van der Waals surface area contributed by atoms with Crippen molar-refractivity contribution in [2.75, 3.05) is 16.0 Å². The number of carbonyl (C=O) groups is 2. The fraction of sp³-hybridized carbons (Fsp3) is 0.130. The molecular weight excluding hydrogens is 521 g/mol.